The Kier molecular flexibility index (Phi) is 5.92. The first-order valence-corrected chi connectivity index (χ1v) is 8.80. The molecule has 3 aromatic rings. The molecular weight excluding hydrogens is 338 g/mol. The zero-order valence-corrected chi connectivity index (χ0v) is 14.7. The summed E-state index contributed by atoms with van der Waals surface area (Å²) in [4.78, 5) is 12.5. The molecule has 130 valence electrons. The molecule has 7 heteroatoms. The highest BCUT2D eigenvalue weighted by Crippen LogP contribution is 2.18. The van der Waals surface area contributed by atoms with Gasteiger partial charge in [0.05, 0.1) is 23.9 Å². The van der Waals surface area contributed by atoms with Crippen molar-refractivity contribution < 1.29 is 14.3 Å². The summed E-state index contributed by atoms with van der Waals surface area (Å²) in [6.07, 6.45) is 0. The number of carbonyl (C=O) groups excluding carboxylic acids is 1. The van der Waals surface area contributed by atoms with Crippen LogP contribution >= 0.6 is 11.7 Å². The molecule has 0 atom stereocenters. The number of nitrogens with zero attached hydrogens (tertiary/aromatic N) is 2. The molecule has 0 bridgehead atoms. The molecule has 0 aliphatic heterocycles. The minimum Gasteiger partial charge on any atom is -0.490 e. The number of aromatic nitrogens is 2. The summed E-state index contributed by atoms with van der Waals surface area (Å²) in [6, 6.07) is 13.0. The zero-order chi connectivity index (χ0) is 17.5. The van der Waals surface area contributed by atoms with E-state index in [4.69, 9.17) is 9.47 Å². The first-order chi connectivity index (χ1) is 12.3. The number of carbonyl (C=O) groups is 1. The SMILES string of the molecule is CCOCCOc1ccccc1C(=O)NCc1ccc2nsnc2c1. The third kappa shape index (κ3) is 4.52. The molecule has 0 aliphatic carbocycles. The van der Waals surface area contributed by atoms with Gasteiger partial charge in [-0.25, -0.2) is 0 Å². The lowest BCUT2D eigenvalue weighted by atomic mass is 10.1. The predicted molar refractivity (Wildman–Crippen MR) is 97.0 cm³/mol. The van der Waals surface area contributed by atoms with Crippen LogP contribution in [0.25, 0.3) is 11.0 Å². The maximum atomic E-state index is 12.5. The first kappa shape index (κ1) is 17.3. The van der Waals surface area contributed by atoms with Crippen LogP contribution in [0, 0.1) is 0 Å². The van der Waals surface area contributed by atoms with Gasteiger partial charge >= 0.3 is 0 Å². The van der Waals surface area contributed by atoms with E-state index in [1.165, 1.54) is 11.7 Å². The fourth-order valence-corrected chi connectivity index (χ4v) is 2.87. The van der Waals surface area contributed by atoms with E-state index in [-0.39, 0.29) is 5.91 Å². The number of amides is 1. The van der Waals surface area contributed by atoms with Gasteiger partial charge in [0, 0.05) is 13.2 Å². The highest BCUT2D eigenvalue weighted by atomic mass is 32.1. The smallest absolute Gasteiger partial charge is 0.255 e. The van der Waals surface area contributed by atoms with Crippen LogP contribution in [0.3, 0.4) is 0 Å². The van der Waals surface area contributed by atoms with Crippen LogP contribution in [-0.2, 0) is 11.3 Å². The van der Waals surface area contributed by atoms with Crippen molar-refractivity contribution in [3.8, 4) is 5.75 Å². The lowest BCUT2D eigenvalue weighted by Crippen LogP contribution is -2.23. The predicted octanol–water partition coefficient (Wildman–Crippen LogP) is 3.04. The summed E-state index contributed by atoms with van der Waals surface area (Å²) in [6.45, 7) is 3.89. The Bertz CT molecular complexity index is 850. The van der Waals surface area contributed by atoms with E-state index in [1.54, 1.807) is 12.1 Å². The van der Waals surface area contributed by atoms with Gasteiger partial charge in [-0.05, 0) is 36.8 Å². The van der Waals surface area contributed by atoms with Gasteiger partial charge in [0.25, 0.3) is 5.91 Å². The molecule has 0 unspecified atom stereocenters. The lowest BCUT2D eigenvalue weighted by Gasteiger charge is -2.11. The summed E-state index contributed by atoms with van der Waals surface area (Å²) in [7, 11) is 0. The standard InChI is InChI=1S/C18H19N3O3S/c1-2-23-9-10-24-17-6-4-3-5-14(17)18(22)19-12-13-7-8-15-16(11-13)21-25-20-15/h3-8,11H,2,9-10,12H2,1H3,(H,19,22). The van der Waals surface area contributed by atoms with Crippen molar-refractivity contribution in [2.24, 2.45) is 0 Å². The number of fused-ring (bicyclic) bond motifs is 1. The minimum absolute atomic E-state index is 0.177. The Labute approximate surface area is 150 Å². The van der Waals surface area contributed by atoms with Gasteiger partial charge in [0.1, 0.15) is 23.4 Å². The monoisotopic (exact) mass is 357 g/mol. The number of nitrogens with one attached hydrogen (secondary N) is 1. The Balaban J connectivity index is 1.62. The average molecular weight is 357 g/mol. The van der Waals surface area contributed by atoms with E-state index < -0.39 is 0 Å². The van der Waals surface area contributed by atoms with Gasteiger partial charge < -0.3 is 14.8 Å². The van der Waals surface area contributed by atoms with Crippen molar-refractivity contribution in [1.82, 2.24) is 14.1 Å². The van der Waals surface area contributed by atoms with Crippen molar-refractivity contribution in [1.29, 1.82) is 0 Å². The molecule has 0 aliphatic rings. The van der Waals surface area contributed by atoms with Crippen LogP contribution in [0.5, 0.6) is 5.75 Å². The van der Waals surface area contributed by atoms with Crippen LogP contribution < -0.4 is 10.1 Å². The Hall–Kier alpha value is -2.51. The van der Waals surface area contributed by atoms with Gasteiger partial charge in [-0.3, -0.25) is 4.79 Å². The molecule has 0 saturated heterocycles. The van der Waals surface area contributed by atoms with Crippen molar-refractivity contribution in [3.05, 3.63) is 53.6 Å². The quantitative estimate of drug-likeness (QED) is 0.627. The Morgan fingerprint density at radius 3 is 2.84 bits per heavy atom. The molecule has 3 rings (SSSR count). The topological polar surface area (TPSA) is 73.3 Å². The zero-order valence-electron chi connectivity index (χ0n) is 13.9. The fourth-order valence-electron chi connectivity index (χ4n) is 2.35. The second kappa shape index (κ2) is 8.55. The van der Waals surface area contributed by atoms with E-state index in [1.807, 2.05) is 37.3 Å². The number of hydrogen-bond donors (Lipinski definition) is 1. The average Bonchev–Trinajstić information content (AvgIpc) is 3.11. The summed E-state index contributed by atoms with van der Waals surface area (Å²) in [5.74, 6) is 0.377. The van der Waals surface area contributed by atoms with E-state index in [9.17, 15) is 4.79 Å². The Morgan fingerprint density at radius 2 is 1.96 bits per heavy atom. The second-order valence-electron chi connectivity index (χ2n) is 5.31. The molecule has 1 heterocycles. The summed E-state index contributed by atoms with van der Waals surface area (Å²) in [5.41, 5.74) is 3.20. The highest BCUT2D eigenvalue weighted by molar-refractivity contribution is 7.00. The molecule has 2 aromatic carbocycles. The molecular formula is C18H19N3O3S. The van der Waals surface area contributed by atoms with Crippen molar-refractivity contribution in [2.45, 2.75) is 13.5 Å². The van der Waals surface area contributed by atoms with Gasteiger partial charge in [0.2, 0.25) is 0 Å². The van der Waals surface area contributed by atoms with Crippen LogP contribution in [0.2, 0.25) is 0 Å². The molecule has 0 spiro atoms. The van der Waals surface area contributed by atoms with Gasteiger partial charge in [-0.1, -0.05) is 18.2 Å². The number of rotatable bonds is 8. The maximum absolute atomic E-state index is 12.5. The molecule has 1 N–H and O–H groups in total. The van der Waals surface area contributed by atoms with Gasteiger partial charge in [-0.2, -0.15) is 8.75 Å². The number of para-hydroxylation sites is 1. The third-order valence-electron chi connectivity index (χ3n) is 3.59. The van der Waals surface area contributed by atoms with Crippen LogP contribution in [0.15, 0.2) is 42.5 Å². The molecule has 0 fully saturated rings. The molecule has 1 amide bonds. The molecule has 0 saturated carbocycles. The number of benzene rings is 2. The second-order valence-corrected chi connectivity index (χ2v) is 5.84. The van der Waals surface area contributed by atoms with E-state index in [2.05, 4.69) is 14.1 Å². The first-order valence-electron chi connectivity index (χ1n) is 8.07. The fraction of sp³-hybridized carbons (Fsp3) is 0.278. The number of ether oxygens (including phenoxy) is 2. The summed E-state index contributed by atoms with van der Waals surface area (Å²) in [5, 5.41) is 2.92. The van der Waals surface area contributed by atoms with Crippen molar-refractivity contribution in [3.63, 3.8) is 0 Å². The largest absolute Gasteiger partial charge is 0.490 e. The number of hydrogen-bond acceptors (Lipinski definition) is 6. The van der Waals surface area contributed by atoms with E-state index in [0.29, 0.717) is 37.7 Å². The third-order valence-corrected chi connectivity index (χ3v) is 4.15. The highest BCUT2D eigenvalue weighted by Gasteiger charge is 2.12. The van der Waals surface area contributed by atoms with Crippen molar-refractivity contribution in [2.75, 3.05) is 19.8 Å². The molecule has 6 nitrogen and oxygen atoms in total. The van der Waals surface area contributed by atoms with Crippen LogP contribution in [-0.4, -0.2) is 34.5 Å². The Morgan fingerprint density at radius 1 is 1.12 bits per heavy atom. The molecule has 25 heavy (non-hydrogen) atoms. The lowest BCUT2D eigenvalue weighted by molar-refractivity contribution is 0.0934. The summed E-state index contributed by atoms with van der Waals surface area (Å²) < 4.78 is 19.3. The van der Waals surface area contributed by atoms with Gasteiger partial charge in [0.15, 0.2) is 0 Å². The van der Waals surface area contributed by atoms with Crippen LogP contribution in [0.4, 0.5) is 0 Å². The van der Waals surface area contributed by atoms with E-state index in [0.717, 1.165) is 16.6 Å². The van der Waals surface area contributed by atoms with Crippen LogP contribution in [0.1, 0.15) is 22.8 Å². The van der Waals surface area contributed by atoms with Crippen molar-refractivity contribution >= 4 is 28.7 Å². The minimum atomic E-state index is -0.177. The van der Waals surface area contributed by atoms with E-state index >= 15 is 0 Å². The maximum Gasteiger partial charge on any atom is 0.255 e. The van der Waals surface area contributed by atoms with Gasteiger partial charge in [-0.15, -0.1) is 0 Å². The molecule has 1 aromatic heterocycles. The molecule has 0 radical (unpaired) electrons. The normalized spacial score (nSPS) is 10.8. The summed E-state index contributed by atoms with van der Waals surface area (Å²) >= 11 is 1.18.